The molecule has 0 bridgehead atoms. The molecule has 0 saturated heterocycles. The van der Waals surface area contributed by atoms with Crippen LogP contribution in [-0.4, -0.2) is 15.1 Å². The lowest BCUT2D eigenvalue weighted by molar-refractivity contribution is 0.475. The molecule has 1 aromatic carbocycles. The van der Waals surface area contributed by atoms with Gasteiger partial charge in [-0.1, -0.05) is 6.07 Å². The van der Waals surface area contributed by atoms with E-state index in [9.17, 15) is 14.7 Å². The second-order valence-electron chi connectivity index (χ2n) is 4.21. The third kappa shape index (κ3) is 1.27. The van der Waals surface area contributed by atoms with Gasteiger partial charge in [0.05, 0.1) is 11.0 Å². The van der Waals surface area contributed by atoms with E-state index in [0.717, 1.165) is 10.9 Å². The lowest BCUT2D eigenvalue weighted by Crippen LogP contribution is -2.26. The first kappa shape index (κ1) is 10.6. The smallest absolute Gasteiger partial charge is 0.300 e. The molecular formula is C13H10N2O3. The van der Waals surface area contributed by atoms with Gasteiger partial charge in [-0.2, -0.15) is 0 Å². The molecule has 0 radical (unpaired) electrons. The molecule has 0 aliphatic rings. The van der Waals surface area contributed by atoms with Crippen LogP contribution in [0.25, 0.3) is 21.8 Å². The monoisotopic (exact) mass is 242 g/mol. The van der Waals surface area contributed by atoms with E-state index in [1.54, 1.807) is 13.1 Å². The Morgan fingerprint density at radius 2 is 2.00 bits per heavy atom. The van der Waals surface area contributed by atoms with Crippen molar-refractivity contribution in [2.75, 3.05) is 0 Å². The van der Waals surface area contributed by atoms with Gasteiger partial charge in [0.25, 0.3) is 11.0 Å². The maximum Gasteiger partial charge on any atom is 0.300 e. The average molecular weight is 242 g/mol. The van der Waals surface area contributed by atoms with Gasteiger partial charge in [0.2, 0.25) is 0 Å². The summed E-state index contributed by atoms with van der Waals surface area (Å²) >= 11 is 0. The summed E-state index contributed by atoms with van der Waals surface area (Å²) in [5.74, 6) is -0.495. The van der Waals surface area contributed by atoms with Crippen molar-refractivity contribution in [1.82, 2.24) is 9.97 Å². The van der Waals surface area contributed by atoms with Crippen molar-refractivity contribution in [1.29, 1.82) is 0 Å². The number of H-pyrrole nitrogens is 2. The zero-order valence-electron chi connectivity index (χ0n) is 9.57. The number of rotatable bonds is 0. The normalized spacial score (nSPS) is 11.2. The first-order valence-electron chi connectivity index (χ1n) is 5.45. The van der Waals surface area contributed by atoms with E-state index in [-0.39, 0.29) is 0 Å². The Labute approximate surface area is 101 Å². The highest BCUT2D eigenvalue weighted by Gasteiger charge is 2.13. The Morgan fingerprint density at radius 1 is 1.22 bits per heavy atom. The van der Waals surface area contributed by atoms with Crippen molar-refractivity contribution in [3.63, 3.8) is 0 Å². The van der Waals surface area contributed by atoms with Crippen molar-refractivity contribution in [2.24, 2.45) is 0 Å². The van der Waals surface area contributed by atoms with Crippen LogP contribution in [0.15, 0.2) is 34.0 Å². The largest absolute Gasteiger partial charge is 0.504 e. The molecule has 0 spiro atoms. The van der Waals surface area contributed by atoms with Crippen LogP contribution in [0, 0.1) is 6.92 Å². The molecule has 3 rings (SSSR count). The minimum absolute atomic E-state index is 0.384. The van der Waals surface area contributed by atoms with Crippen LogP contribution in [0.5, 0.6) is 5.75 Å². The number of aromatic hydroxyl groups is 1. The van der Waals surface area contributed by atoms with E-state index in [2.05, 4.69) is 9.97 Å². The Hall–Kier alpha value is -2.56. The quantitative estimate of drug-likeness (QED) is 0.411. The molecule has 3 N–H and O–H groups in total. The summed E-state index contributed by atoms with van der Waals surface area (Å²) in [7, 11) is 0. The molecule has 18 heavy (non-hydrogen) atoms. The highest BCUT2D eigenvalue weighted by atomic mass is 16.3. The van der Waals surface area contributed by atoms with E-state index in [0.29, 0.717) is 16.4 Å². The van der Waals surface area contributed by atoms with Crippen LogP contribution >= 0.6 is 0 Å². The standard InChI is InChI=1S/C13H10N2O3/c1-6-5-7-3-2-4-14-9(7)10-8(6)11(16)12(17)13(18)15-10/h2-5,14,16H,1H3,(H,15,18). The molecular weight excluding hydrogens is 232 g/mol. The van der Waals surface area contributed by atoms with Crippen LogP contribution in [0.3, 0.4) is 0 Å². The Balaban J connectivity index is 2.74. The van der Waals surface area contributed by atoms with E-state index in [1.807, 2.05) is 18.2 Å². The fraction of sp³-hybridized carbons (Fsp3) is 0.0769. The van der Waals surface area contributed by atoms with Gasteiger partial charge in [0, 0.05) is 17.0 Å². The van der Waals surface area contributed by atoms with E-state index < -0.39 is 16.7 Å². The van der Waals surface area contributed by atoms with Crippen LogP contribution in [0.4, 0.5) is 0 Å². The van der Waals surface area contributed by atoms with Crippen molar-refractivity contribution < 1.29 is 5.11 Å². The fourth-order valence-corrected chi connectivity index (χ4v) is 2.24. The second-order valence-corrected chi connectivity index (χ2v) is 4.21. The van der Waals surface area contributed by atoms with Crippen molar-refractivity contribution in [3.05, 3.63) is 50.5 Å². The molecule has 0 aliphatic heterocycles. The SMILES string of the molecule is Cc1cc2ccc[nH]c2c2[nH]c(=O)c(=O)c(O)c12. The van der Waals surface area contributed by atoms with Gasteiger partial charge >= 0.3 is 0 Å². The molecule has 0 unspecified atom stereocenters. The highest BCUT2D eigenvalue weighted by molar-refractivity contribution is 6.06. The molecule has 2 heterocycles. The first-order chi connectivity index (χ1) is 8.59. The van der Waals surface area contributed by atoms with Gasteiger partial charge in [-0.05, 0) is 24.6 Å². The number of pyridine rings is 2. The number of aryl methyl sites for hydroxylation is 1. The molecule has 0 atom stereocenters. The molecule has 0 saturated carbocycles. The van der Waals surface area contributed by atoms with Crippen LogP contribution in [0.2, 0.25) is 0 Å². The zero-order valence-corrected chi connectivity index (χ0v) is 9.57. The van der Waals surface area contributed by atoms with E-state index in [4.69, 9.17) is 0 Å². The summed E-state index contributed by atoms with van der Waals surface area (Å²) in [6, 6.07) is 5.58. The van der Waals surface area contributed by atoms with Gasteiger partial charge in [-0.15, -0.1) is 0 Å². The first-order valence-corrected chi connectivity index (χ1v) is 5.45. The van der Waals surface area contributed by atoms with Gasteiger partial charge in [0.1, 0.15) is 0 Å². The highest BCUT2D eigenvalue weighted by Crippen LogP contribution is 2.28. The van der Waals surface area contributed by atoms with E-state index >= 15 is 0 Å². The minimum Gasteiger partial charge on any atom is -0.504 e. The van der Waals surface area contributed by atoms with Crippen molar-refractivity contribution in [3.8, 4) is 5.75 Å². The number of hydrogen-bond acceptors (Lipinski definition) is 3. The van der Waals surface area contributed by atoms with Crippen LogP contribution < -0.4 is 11.0 Å². The molecule has 90 valence electrons. The maximum absolute atomic E-state index is 11.5. The predicted octanol–water partition coefficient (Wildman–Crippen LogP) is 1.38. The molecule has 2 aromatic heterocycles. The van der Waals surface area contributed by atoms with Crippen LogP contribution in [-0.2, 0) is 0 Å². The Bertz CT molecular complexity index is 890. The Morgan fingerprint density at radius 3 is 2.78 bits per heavy atom. The summed E-state index contributed by atoms with van der Waals surface area (Å²) in [6.07, 6.45) is 1.72. The molecule has 3 aromatic rings. The number of aromatic nitrogens is 2. The summed E-state index contributed by atoms with van der Waals surface area (Å²) in [4.78, 5) is 28.5. The summed E-state index contributed by atoms with van der Waals surface area (Å²) in [5.41, 5.74) is 0.159. The molecule has 0 aliphatic carbocycles. The summed E-state index contributed by atoms with van der Waals surface area (Å²) < 4.78 is 0. The second kappa shape index (κ2) is 3.46. The third-order valence-electron chi connectivity index (χ3n) is 3.05. The number of nitrogens with one attached hydrogen (secondary N) is 2. The summed E-state index contributed by atoms with van der Waals surface area (Å²) in [5, 5.41) is 11.1. The van der Waals surface area contributed by atoms with Gasteiger partial charge in [-0.25, -0.2) is 0 Å². The number of benzene rings is 1. The maximum atomic E-state index is 11.5. The number of fused-ring (bicyclic) bond motifs is 3. The molecule has 0 fully saturated rings. The fourth-order valence-electron chi connectivity index (χ4n) is 2.24. The van der Waals surface area contributed by atoms with E-state index in [1.165, 1.54) is 0 Å². The predicted molar refractivity (Wildman–Crippen MR) is 69.1 cm³/mol. The Kier molecular flexibility index (Phi) is 2.04. The van der Waals surface area contributed by atoms with Crippen molar-refractivity contribution in [2.45, 2.75) is 6.92 Å². The lowest BCUT2D eigenvalue weighted by atomic mass is 10.0. The lowest BCUT2D eigenvalue weighted by Gasteiger charge is -2.07. The number of aromatic amines is 2. The zero-order chi connectivity index (χ0) is 12.9. The van der Waals surface area contributed by atoms with Gasteiger partial charge in [0.15, 0.2) is 5.75 Å². The molecule has 5 heteroatoms. The molecule has 0 amide bonds. The minimum atomic E-state index is -0.902. The average Bonchev–Trinajstić information content (AvgIpc) is 2.35. The summed E-state index contributed by atoms with van der Waals surface area (Å²) in [6.45, 7) is 1.78. The topological polar surface area (TPSA) is 86.0 Å². The number of hydrogen-bond donors (Lipinski definition) is 3. The van der Waals surface area contributed by atoms with Gasteiger partial charge < -0.3 is 15.1 Å². The third-order valence-corrected chi connectivity index (χ3v) is 3.05. The van der Waals surface area contributed by atoms with Crippen molar-refractivity contribution >= 4 is 21.8 Å². The van der Waals surface area contributed by atoms with Crippen LogP contribution in [0.1, 0.15) is 5.56 Å². The van der Waals surface area contributed by atoms with Gasteiger partial charge in [-0.3, -0.25) is 9.59 Å². The molecule has 5 nitrogen and oxygen atoms in total.